The largest absolute Gasteiger partial charge is 0.497 e. The minimum absolute atomic E-state index is 0.135. The summed E-state index contributed by atoms with van der Waals surface area (Å²) >= 11 is 0. The van der Waals surface area contributed by atoms with Crippen LogP contribution in [0.4, 0.5) is 0 Å². The Morgan fingerprint density at radius 3 is 2.52 bits per heavy atom. The standard InChI is InChI=1S/C18H23NO2/c1-5-21-16-8-6-7-14(12-16)18(19-3)17-10-9-15(20-4)11-13(17)2/h6-12,18-19H,5H2,1-4H3. The molecule has 1 atom stereocenters. The minimum atomic E-state index is 0.135. The molecule has 2 aromatic rings. The van der Waals surface area contributed by atoms with E-state index < -0.39 is 0 Å². The lowest BCUT2D eigenvalue weighted by atomic mass is 9.95. The van der Waals surface area contributed by atoms with Gasteiger partial charge in [-0.15, -0.1) is 0 Å². The molecule has 0 amide bonds. The monoisotopic (exact) mass is 285 g/mol. The highest BCUT2D eigenvalue weighted by Gasteiger charge is 2.15. The third-order valence-corrected chi connectivity index (χ3v) is 3.58. The average Bonchev–Trinajstić information content (AvgIpc) is 2.50. The SMILES string of the molecule is CCOc1cccc(C(NC)c2ccc(OC)cc2C)c1. The van der Waals surface area contributed by atoms with Crippen molar-refractivity contribution in [1.82, 2.24) is 5.32 Å². The number of hydrogen-bond donors (Lipinski definition) is 1. The van der Waals surface area contributed by atoms with Crippen LogP contribution in [-0.2, 0) is 0 Å². The smallest absolute Gasteiger partial charge is 0.119 e. The first kappa shape index (κ1) is 15.4. The van der Waals surface area contributed by atoms with Gasteiger partial charge in [0, 0.05) is 0 Å². The molecule has 0 aromatic heterocycles. The molecule has 0 saturated carbocycles. The van der Waals surface area contributed by atoms with Crippen LogP contribution in [0.25, 0.3) is 0 Å². The van der Waals surface area contributed by atoms with Crippen LogP contribution >= 0.6 is 0 Å². The second-order valence-electron chi connectivity index (χ2n) is 4.95. The molecule has 0 spiro atoms. The Morgan fingerprint density at radius 1 is 1.10 bits per heavy atom. The Hall–Kier alpha value is -2.00. The predicted octanol–water partition coefficient (Wildman–Crippen LogP) is 3.71. The van der Waals surface area contributed by atoms with E-state index in [4.69, 9.17) is 9.47 Å². The summed E-state index contributed by atoms with van der Waals surface area (Å²) in [4.78, 5) is 0. The molecule has 3 heteroatoms. The van der Waals surface area contributed by atoms with Gasteiger partial charge in [-0.1, -0.05) is 18.2 Å². The van der Waals surface area contributed by atoms with E-state index in [9.17, 15) is 0 Å². The molecule has 0 fully saturated rings. The van der Waals surface area contributed by atoms with Crippen molar-refractivity contribution in [3.63, 3.8) is 0 Å². The number of nitrogens with one attached hydrogen (secondary N) is 1. The van der Waals surface area contributed by atoms with Gasteiger partial charge in [0.15, 0.2) is 0 Å². The Kier molecular flexibility index (Phi) is 5.23. The summed E-state index contributed by atoms with van der Waals surface area (Å²) in [5, 5.41) is 3.39. The number of rotatable bonds is 6. The molecule has 0 heterocycles. The van der Waals surface area contributed by atoms with E-state index in [0.717, 1.165) is 11.5 Å². The minimum Gasteiger partial charge on any atom is -0.497 e. The first-order chi connectivity index (χ1) is 10.2. The van der Waals surface area contributed by atoms with Crippen molar-refractivity contribution in [1.29, 1.82) is 0 Å². The summed E-state index contributed by atoms with van der Waals surface area (Å²) in [5.74, 6) is 1.79. The predicted molar refractivity (Wildman–Crippen MR) is 86.2 cm³/mol. The van der Waals surface area contributed by atoms with Crippen molar-refractivity contribution in [3.8, 4) is 11.5 Å². The quantitative estimate of drug-likeness (QED) is 0.877. The molecule has 1 N–H and O–H groups in total. The normalized spacial score (nSPS) is 12.0. The van der Waals surface area contributed by atoms with E-state index in [0.29, 0.717) is 6.61 Å². The Labute approximate surface area is 126 Å². The zero-order chi connectivity index (χ0) is 15.2. The van der Waals surface area contributed by atoms with E-state index in [1.54, 1.807) is 7.11 Å². The number of ether oxygens (including phenoxy) is 2. The van der Waals surface area contributed by atoms with Gasteiger partial charge in [-0.3, -0.25) is 0 Å². The number of methoxy groups -OCH3 is 1. The highest BCUT2D eigenvalue weighted by Crippen LogP contribution is 2.29. The van der Waals surface area contributed by atoms with E-state index >= 15 is 0 Å². The van der Waals surface area contributed by atoms with Gasteiger partial charge in [0.2, 0.25) is 0 Å². The van der Waals surface area contributed by atoms with Gasteiger partial charge in [0.1, 0.15) is 11.5 Å². The van der Waals surface area contributed by atoms with Crippen LogP contribution in [-0.4, -0.2) is 20.8 Å². The van der Waals surface area contributed by atoms with Gasteiger partial charge in [0.25, 0.3) is 0 Å². The highest BCUT2D eigenvalue weighted by atomic mass is 16.5. The van der Waals surface area contributed by atoms with Crippen LogP contribution in [0.5, 0.6) is 11.5 Å². The van der Waals surface area contributed by atoms with E-state index in [-0.39, 0.29) is 6.04 Å². The molecule has 0 bridgehead atoms. The van der Waals surface area contributed by atoms with Crippen molar-refractivity contribution in [2.24, 2.45) is 0 Å². The van der Waals surface area contributed by atoms with E-state index in [1.807, 2.05) is 32.2 Å². The third kappa shape index (κ3) is 3.56. The molecule has 0 aliphatic heterocycles. The van der Waals surface area contributed by atoms with E-state index in [1.165, 1.54) is 16.7 Å². The lowest BCUT2D eigenvalue weighted by Gasteiger charge is -2.20. The molecule has 1 unspecified atom stereocenters. The summed E-state index contributed by atoms with van der Waals surface area (Å²) in [6.45, 7) is 4.78. The topological polar surface area (TPSA) is 30.5 Å². The summed E-state index contributed by atoms with van der Waals surface area (Å²) in [6, 6.07) is 14.5. The van der Waals surface area contributed by atoms with Crippen LogP contribution in [0.15, 0.2) is 42.5 Å². The first-order valence-electron chi connectivity index (χ1n) is 7.24. The van der Waals surface area contributed by atoms with Crippen molar-refractivity contribution in [2.75, 3.05) is 20.8 Å². The van der Waals surface area contributed by atoms with Gasteiger partial charge in [-0.25, -0.2) is 0 Å². The molecule has 3 nitrogen and oxygen atoms in total. The van der Waals surface area contributed by atoms with Crippen LogP contribution in [0.2, 0.25) is 0 Å². The third-order valence-electron chi connectivity index (χ3n) is 3.58. The molecule has 0 aliphatic rings. The van der Waals surface area contributed by atoms with Crippen molar-refractivity contribution in [3.05, 3.63) is 59.2 Å². The van der Waals surface area contributed by atoms with Gasteiger partial charge in [0.05, 0.1) is 19.8 Å². The zero-order valence-corrected chi connectivity index (χ0v) is 13.1. The van der Waals surface area contributed by atoms with Gasteiger partial charge in [-0.2, -0.15) is 0 Å². The average molecular weight is 285 g/mol. The Bertz CT molecular complexity index is 596. The summed E-state index contributed by atoms with van der Waals surface area (Å²) in [5.41, 5.74) is 3.64. The van der Waals surface area contributed by atoms with Crippen molar-refractivity contribution >= 4 is 0 Å². The van der Waals surface area contributed by atoms with Gasteiger partial charge < -0.3 is 14.8 Å². The van der Waals surface area contributed by atoms with Crippen LogP contribution in [0.3, 0.4) is 0 Å². The fraction of sp³-hybridized carbons (Fsp3) is 0.333. The fourth-order valence-corrected chi connectivity index (χ4v) is 2.55. The van der Waals surface area contributed by atoms with Crippen LogP contribution in [0, 0.1) is 6.92 Å². The van der Waals surface area contributed by atoms with Gasteiger partial charge >= 0.3 is 0 Å². The molecular weight excluding hydrogens is 262 g/mol. The van der Waals surface area contributed by atoms with Crippen molar-refractivity contribution < 1.29 is 9.47 Å². The maximum absolute atomic E-state index is 5.60. The molecular formula is C18H23NO2. The fourth-order valence-electron chi connectivity index (χ4n) is 2.55. The second kappa shape index (κ2) is 7.14. The van der Waals surface area contributed by atoms with Crippen LogP contribution < -0.4 is 14.8 Å². The Morgan fingerprint density at radius 2 is 1.90 bits per heavy atom. The molecule has 0 aliphatic carbocycles. The molecule has 2 rings (SSSR count). The summed E-state index contributed by atoms with van der Waals surface area (Å²) in [6.07, 6.45) is 0. The lowest BCUT2D eigenvalue weighted by molar-refractivity contribution is 0.339. The first-order valence-corrected chi connectivity index (χ1v) is 7.24. The van der Waals surface area contributed by atoms with Crippen LogP contribution in [0.1, 0.15) is 29.7 Å². The molecule has 21 heavy (non-hydrogen) atoms. The zero-order valence-electron chi connectivity index (χ0n) is 13.1. The van der Waals surface area contributed by atoms with Gasteiger partial charge in [-0.05, 0) is 61.9 Å². The number of benzene rings is 2. The summed E-state index contributed by atoms with van der Waals surface area (Å²) < 4.78 is 10.9. The second-order valence-corrected chi connectivity index (χ2v) is 4.95. The lowest BCUT2D eigenvalue weighted by Crippen LogP contribution is -2.18. The maximum Gasteiger partial charge on any atom is 0.119 e. The molecule has 0 radical (unpaired) electrons. The number of hydrogen-bond acceptors (Lipinski definition) is 3. The Balaban J connectivity index is 2.37. The van der Waals surface area contributed by atoms with Crippen molar-refractivity contribution in [2.45, 2.75) is 19.9 Å². The molecule has 2 aromatic carbocycles. The number of aryl methyl sites for hydroxylation is 1. The maximum atomic E-state index is 5.60. The highest BCUT2D eigenvalue weighted by molar-refractivity contribution is 5.42. The molecule has 112 valence electrons. The van der Waals surface area contributed by atoms with E-state index in [2.05, 4.69) is 36.5 Å². The summed E-state index contributed by atoms with van der Waals surface area (Å²) in [7, 11) is 3.66. The molecule has 0 saturated heterocycles.